The van der Waals surface area contributed by atoms with Crippen LogP contribution in [0.15, 0.2) is 24.3 Å². The van der Waals surface area contributed by atoms with Gasteiger partial charge < -0.3 is 10.1 Å². The molecule has 0 bridgehead atoms. The first-order valence-corrected chi connectivity index (χ1v) is 11.0. The number of ether oxygens (including phenoxy) is 1. The Morgan fingerprint density at radius 2 is 1.89 bits per heavy atom. The van der Waals surface area contributed by atoms with Crippen LogP contribution in [0.1, 0.15) is 69.8 Å². The number of hydrogen-bond acceptors (Lipinski definition) is 3. The Hall–Kier alpha value is -1.55. The smallest absolute Gasteiger partial charge is 0.220 e. The molecule has 1 saturated heterocycles. The van der Waals surface area contributed by atoms with E-state index in [-0.39, 0.29) is 5.91 Å². The summed E-state index contributed by atoms with van der Waals surface area (Å²) in [6.45, 7) is 3.23. The van der Waals surface area contributed by atoms with Crippen molar-refractivity contribution >= 4 is 5.91 Å². The zero-order valence-corrected chi connectivity index (χ0v) is 16.5. The predicted molar refractivity (Wildman–Crippen MR) is 108 cm³/mol. The summed E-state index contributed by atoms with van der Waals surface area (Å²) in [5.41, 5.74) is 1.32. The third-order valence-corrected chi connectivity index (χ3v) is 6.29. The molecule has 1 heterocycles. The monoisotopic (exact) mass is 370 g/mol. The third-order valence-electron chi connectivity index (χ3n) is 6.29. The van der Waals surface area contributed by atoms with Gasteiger partial charge in [0.05, 0.1) is 6.10 Å². The standard InChI is InChI=1S/C23H34N2O2/c26-23(24-20-12-13-20)14-11-18-6-5-15-25(16-18)17-19-7-1-4-10-22(19)27-21-8-2-3-9-21/h1,4,7,10,18,20-21H,2-3,5-6,8-9,11-17H2,(H,24,26)/t18-/m0/s1. The first kappa shape index (κ1) is 18.8. The van der Waals surface area contributed by atoms with Crippen LogP contribution in [-0.2, 0) is 11.3 Å². The largest absolute Gasteiger partial charge is 0.490 e. The molecule has 3 fully saturated rings. The normalized spacial score (nSPS) is 24.1. The van der Waals surface area contributed by atoms with Crippen molar-refractivity contribution in [3.05, 3.63) is 29.8 Å². The fourth-order valence-electron chi connectivity index (χ4n) is 4.57. The van der Waals surface area contributed by atoms with Crippen LogP contribution in [0.3, 0.4) is 0 Å². The van der Waals surface area contributed by atoms with E-state index in [0.29, 0.717) is 24.5 Å². The van der Waals surface area contributed by atoms with Crippen molar-refractivity contribution < 1.29 is 9.53 Å². The van der Waals surface area contributed by atoms with Crippen LogP contribution < -0.4 is 10.1 Å². The van der Waals surface area contributed by atoms with Crippen molar-refractivity contribution in [3.63, 3.8) is 0 Å². The molecule has 1 amide bonds. The van der Waals surface area contributed by atoms with Crippen LogP contribution >= 0.6 is 0 Å². The van der Waals surface area contributed by atoms with Gasteiger partial charge in [-0.3, -0.25) is 9.69 Å². The Kier molecular flexibility index (Phi) is 6.33. The number of piperidine rings is 1. The summed E-state index contributed by atoms with van der Waals surface area (Å²) in [5, 5.41) is 3.12. The summed E-state index contributed by atoms with van der Waals surface area (Å²) < 4.78 is 6.32. The van der Waals surface area contributed by atoms with Crippen molar-refractivity contribution in [2.75, 3.05) is 13.1 Å². The van der Waals surface area contributed by atoms with E-state index in [2.05, 4.69) is 34.5 Å². The Bertz CT molecular complexity index is 623. The molecule has 148 valence electrons. The summed E-state index contributed by atoms with van der Waals surface area (Å²) in [4.78, 5) is 14.5. The maximum Gasteiger partial charge on any atom is 0.220 e. The number of likely N-dealkylation sites (tertiary alicyclic amines) is 1. The van der Waals surface area contributed by atoms with Crippen LogP contribution in [0.5, 0.6) is 5.75 Å². The van der Waals surface area contributed by atoms with E-state index in [9.17, 15) is 4.79 Å². The van der Waals surface area contributed by atoms with E-state index in [1.807, 2.05) is 0 Å². The Morgan fingerprint density at radius 3 is 2.70 bits per heavy atom. The number of benzene rings is 1. The zero-order chi connectivity index (χ0) is 18.5. The molecule has 0 radical (unpaired) electrons. The lowest BCUT2D eigenvalue weighted by Crippen LogP contribution is -2.36. The summed E-state index contributed by atoms with van der Waals surface area (Å²) in [5.74, 6) is 1.98. The number of amides is 1. The van der Waals surface area contributed by atoms with Gasteiger partial charge in [-0.05, 0) is 76.3 Å². The van der Waals surface area contributed by atoms with E-state index in [1.165, 1.54) is 56.9 Å². The van der Waals surface area contributed by atoms with E-state index in [0.717, 1.165) is 31.8 Å². The van der Waals surface area contributed by atoms with Crippen LogP contribution in [0.25, 0.3) is 0 Å². The SMILES string of the molecule is O=C(CC[C@@H]1CCCN(Cc2ccccc2OC2CCCC2)C1)NC1CC1. The predicted octanol–water partition coefficient (Wildman–Crippen LogP) is 4.28. The quantitative estimate of drug-likeness (QED) is 0.743. The molecule has 2 aliphatic carbocycles. The fraction of sp³-hybridized carbons (Fsp3) is 0.696. The average molecular weight is 371 g/mol. The van der Waals surface area contributed by atoms with Gasteiger partial charge >= 0.3 is 0 Å². The van der Waals surface area contributed by atoms with E-state index in [4.69, 9.17) is 4.74 Å². The second kappa shape index (κ2) is 9.09. The summed E-state index contributed by atoms with van der Waals surface area (Å²) >= 11 is 0. The molecular formula is C23H34N2O2. The lowest BCUT2D eigenvalue weighted by atomic mass is 9.93. The van der Waals surface area contributed by atoms with Crippen LogP contribution in [0.2, 0.25) is 0 Å². The van der Waals surface area contributed by atoms with Crippen LogP contribution in [0, 0.1) is 5.92 Å². The minimum Gasteiger partial charge on any atom is -0.490 e. The van der Waals surface area contributed by atoms with Crippen molar-refractivity contribution in [1.82, 2.24) is 10.2 Å². The molecule has 4 rings (SSSR count). The maximum absolute atomic E-state index is 12.0. The molecule has 1 N–H and O–H groups in total. The molecule has 1 aromatic rings. The van der Waals surface area contributed by atoms with Gasteiger partial charge in [-0.2, -0.15) is 0 Å². The topological polar surface area (TPSA) is 41.6 Å². The van der Waals surface area contributed by atoms with Gasteiger partial charge in [0.2, 0.25) is 5.91 Å². The van der Waals surface area contributed by atoms with Crippen molar-refractivity contribution in [2.45, 2.75) is 82.9 Å². The van der Waals surface area contributed by atoms with Crippen molar-refractivity contribution in [1.29, 1.82) is 0 Å². The number of carbonyl (C=O) groups excluding carboxylic acids is 1. The molecule has 1 aliphatic heterocycles. The lowest BCUT2D eigenvalue weighted by Gasteiger charge is -2.33. The van der Waals surface area contributed by atoms with Crippen molar-refractivity contribution in [3.8, 4) is 5.75 Å². The fourth-order valence-corrected chi connectivity index (χ4v) is 4.57. The number of hydrogen-bond donors (Lipinski definition) is 1. The Balaban J connectivity index is 1.27. The molecule has 0 spiro atoms. The van der Waals surface area contributed by atoms with Gasteiger partial charge in [0, 0.05) is 31.1 Å². The number of nitrogens with one attached hydrogen (secondary N) is 1. The van der Waals surface area contributed by atoms with Gasteiger partial charge in [0.25, 0.3) is 0 Å². The van der Waals surface area contributed by atoms with Crippen LogP contribution in [-0.4, -0.2) is 36.0 Å². The summed E-state index contributed by atoms with van der Waals surface area (Å²) in [6.07, 6.45) is 12.0. The molecule has 4 heteroatoms. The molecule has 1 atom stereocenters. The highest BCUT2D eigenvalue weighted by Gasteiger charge is 2.25. The second-order valence-corrected chi connectivity index (χ2v) is 8.76. The molecule has 0 unspecified atom stereocenters. The highest BCUT2D eigenvalue weighted by atomic mass is 16.5. The third kappa shape index (κ3) is 5.71. The number of nitrogens with zero attached hydrogens (tertiary/aromatic N) is 1. The van der Waals surface area contributed by atoms with E-state index >= 15 is 0 Å². The molecule has 1 aromatic carbocycles. The summed E-state index contributed by atoms with van der Waals surface area (Å²) in [7, 11) is 0. The lowest BCUT2D eigenvalue weighted by molar-refractivity contribution is -0.121. The highest BCUT2D eigenvalue weighted by molar-refractivity contribution is 5.76. The average Bonchev–Trinajstić information content (AvgIpc) is 3.34. The number of rotatable bonds is 8. The first-order valence-electron chi connectivity index (χ1n) is 11.0. The zero-order valence-electron chi connectivity index (χ0n) is 16.5. The Labute approximate surface area is 163 Å². The first-order chi connectivity index (χ1) is 13.3. The maximum atomic E-state index is 12.0. The number of carbonyl (C=O) groups is 1. The minimum absolute atomic E-state index is 0.255. The van der Waals surface area contributed by atoms with E-state index in [1.54, 1.807) is 0 Å². The van der Waals surface area contributed by atoms with Gasteiger partial charge in [-0.15, -0.1) is 0 Å². The van der Waals surface area contributed by atoms with Gasteiger partial charge in [0.15, 0.2) is 0 Å². The highest BCUT2D eigenvalue weighted by Crippen LogP contribution is 2.29. The molecular weight excluding hydrogens is 336 g/mol. The van der Waals surface area contributed by atoms with Gasteiger partial charge in [0.1, 0.15) is 5.75 Å². The van der Waals surface area contributed by atoms with Crippen LogP contribution in [0.4, 0.5) is 0 Å². The second-order valence-electron chi connectivity index (χ2n) is 8.76. The molecule has 3 aliphatic rings. The minimum atomic E-state index is 0.255. The molecule has 2 saturated carbocycles. The molecule has 0 aromatic heterocycles. The molecule has 27 heavy (non-hydrogen) atoms. The number of para-hydroxylation sites is 1. The van der Waals surface area contributed by atoms with E-state index < -0.39 is 0 Å². The molecule has 4 nitrogen and oxygen atoms in total. The summed E-state index contributed by atoms with van der Waals surface area (Å²) in [6, 6.07) is 9.05. The Morgan fingerprint density at radius 1 is 1.07 bits per heavy atom. The van der Waals surface area contributed by atoms with Gasteiger partial charge in [-0.25, -0.2) is 0 Å². The van der Waals surface area contributed by atoms with Crippen molar-refractivity contribution in [2.24, 2.45) is 5.92 Å². The van der Waals surface area contributed by atoms with Gasteiger partial charge in [-0.1, -0.05) is 18.2 Å².